The van der Waals surface area contributed by atoms with Gasteiger partial charge in [0, 0.05) is 17.5 Å². The summed E-state index contributed by atoms with van der Waals surface area (Å²) in [5.74, 6) is -2.44. The van der Waals surface area contributed by atoms with Gasteiger partial charge in [0.05, 0.1) is 29.2 Å². The van der Waals surface area contributed by atoms with Crippen molar-refractivity contribution in [3.63, 3.8) is 0 Å². The van der Waals surface area contributed by atoms with Gasteiger partial charge in [0.15, 0.2) is 0 Å². The Morgan fingerprint density at radius 3 is 2.51 bits per heavy atom. The molecule has 3 aromatic rings. The van der Waals surface area contributed by atoms with Crippen LogP contribution < -0.4 is 4.90 Å². The highest BCUT2D eigenvalue weighted by Crippen LogP contribution is 2.69. The molecule has 0 radical (unpaired) electrons. The molecule has 3 aromatic carbocycles. The molecule has 43 heavy (non-hydrogen) atoms. The Kier molecular flexibility index (Phi) is 7.92. The number of benzene rings is 3. The molecule has 8 heteroatoms. The number of fused-ring (bicyclic) bond motifs is 2. The Balaban J connectivity index is 1.50. The number of hydrogen-bond donors (Lipinski definition) is 1. The summed E-state index contributed by atoms with van der Waals surface area (Å²) in [6, 6.07) is 21.4. The zero-order valence-corrected chi connectivity index (χ0v) is 25.0. The monoisotopic (exact) mass is 596 g/mol. The van der Waals surface area contributed by atoms with Gasteiger partial charge in [-0.05, 0) is 40.8 Å². The first-order valence-electron chi connectivity index (χ1n) is 14.7. The Morgan fingerprint density at radius 1 is 1.09 bits per heavy atom. The molecule has 3 heterocycles. The molecular formula is C35H36N2O5S. The summed E-state index contributed by atoms with van der Waals surface area (Å²) >= 11 is 1.58. The van der Waals surface area contributed by atoms with Crippen LogP contribution in [0.15, 0.2) is 98.1 Å². The van der Waals surface area contributed by atoms with Gasteiger partial charge in [-0.2, -0.15) is 0 Å². The van der Waals surface area contributed by atoms with Crippen molar-refractivity contribution in [2.24, 2.45) is 17.8 Å². The number of anilines is 1. The molecule has 1 spiro atoms. The zero-order valence-electron chi connectivity index (χ0n) is 24.2. The molecule has 0 saturated carbocycles. The molecule has 2 bridgehead atoms. The second-order valence-corrected chi connectivity index (χ2v) is 13.1. The largest absolute Gasteiger partial charge is 0.461 e. The summed E-state index contributed by atoms with van der Waals surface area (Å²) in [4.78, 5) is 46.4. The van der Waals surface area contributed by atoms with Crippen molar-refractivity contribution in [1.29, 1.82) is 0 Å². The molecule has 222 valence electrons. The predicted octanol–water partition coefficient (Wildman–Crippen LogP) is 5.16. The number of ether oxygens (including phenoxy) is 1. The van der Waals surface area contributed by atoms with E-state index >= 15 is 4.79 Å². The second kappa shape index (κ2) is 11.7. The fourth-order valence-corrected chi connectivity index (χ4v) is 9.94. The molecule has 3 unspecified atom stereocenters. The number of hydrogen-bond acceptors (Lipinski definition) is 6. The van der Waals surface area contributed by atoms with Crippen LogP contribution in [0.1, 0.15) is 24.9 Å². The van der Waals surface area contributed by atoms with E-state index in [1.54, 1.807) is 27.6 Å². The number of rotatable bonds is 10. The smallest absolute Gasteiger partial charge is 0.311 e. The lowest BCUT2D eigenvalue weighted by Crippen LogP contribution is -2.58. The third kappa shape index (κ3) is 4.59. The average molecular weight is 597 g/mol. The van der Waals surface area contributed by atoms with Gasteiger partial charge in [0.2, 0.25) is 5.91 Å². The molecule has 0 aliphatic carbocycles. The van der Waals surface area contributed by atoms with Crippen LogP contribution >= 0.6 is 11.8 Å². The quantitative estimate of drug-likeness (QED) is 0.257. The zero-order chi connectivity index (χ0) is 30.3. The standard InChI is InChI=1S/C35H36N2O5S/c1-4-17-36(26-16-15-23-11-9-10-14-25(23)20-26)33(40)31-35-22(3)19-28(43-35)29(34(41)42-18-5-2)30(35)32(39)37(31)27(21-38)24-12-7-6-8-13-24/h4-16,20,22,27-31,38H,1-2,17-19,21H2,3H3/t22?,27-,28-,29+,30+,31?,35?/m1/s1. The molecule has 3 fully saturated rings. The molecule has 2 amide bonds. The van der Waals surface area contributed by atoms with E-state index in [0.717, 1.165) is 16.3 Å². The minimum atomic E-state index is -0.920. The van der Waals surface area contributed by atoms with Gasteiger partial charge in [-0.3, -0.25) is 14.4 Å². The Labute approximate surface area is 256 Å². The van der Waals surface area contributed by atoms with Crippen LogP contribution in [0.25, 0.3) is 10.8 Å². The first-order chi connectivity index (χ1) is 20.9. The van der Waals surface area contributed by atoms with Crippen molar-refractivity contribution < 1.29 is 24.2 Å². The normalized spacial score (nSPS) is 28.0. The number of esters is 1. The number of carbonyl (C=O) groups excluding carboxylic acids is 3. The van der Waals surface area contributed by atoms with Gasteiger partial charge in [-0.1, -0.05) is 86.3 Å². The van der Waals surface area contributed by atoms with Gasteiger partial charge in [-0.25, -0.2) is 0 Å². The van der Waals surface area contributed by atoms with Gasteiger partial charge in [-0.15, -0.1) is 18.3 Å². The minimum Gasteiger partial charge on any atom is -0.461 e. The van der Waals surface area contributed by atoms with Crippen LogP contribution in [0.3, 0.4) is 0 Å². The summed E-state index contributed by atoms with van der Waals surface area (Å²) in [6.45, 7) is 9.59. The highest BCUT2D eigenvalue weighted by atomic mass is 32.2. The average Bonchev–Trinajstić information content (AvgIpc) is 3.63. The van der Waals surface area contributed by atoms with Gasteiger partial charge >= 0.3 is 5.97 Å². The predicted molar refractivity (Wildman–Crippen MR) is 169 cm³/mol. The van der Waals surface area contributed by atoms with E-state index in [0.29, 0.717) is 12.1 Å². The SMILES string of the molecule is C=CCOC(=O)[C@@H]1[C@H]2C(=O)N([C@H](CO)c3ccccc3)C(C(=O)N(CC=C)c3ccc4ccccc4c3)C23S[C@@H]1CC3C. The lowest BCUT2D eigenvalue weighted by molar-refractivity contribution is -0.154. The Morgan fingerprint density at radius 2 is 1.81 bits per heavy atom. The maximum Gasteiger partial charge on any atom is 0.311 e. The Hall–Kier alpha value is -3.88. The number of nitrogens with zero attached hydrogens (tertiary/aromatic N) is 2. The lowest BCUT2D eigenvalue weighted by Gasteiger charge is -2.42. The van der Waals surface area contributed by atoms with Gasteiger partial charge in [0.1, 0.15) is 12.6 Å². The van der Waals surface area contributed by atoms with E-state index in [4.69, 9.17) is 4.74 Å². The molecule has 6 rings (SSSR count). The molecule has 3 saturated heterocycles. The molecule has 7 atom stereocenters. The molecule has 3 aliphatic heterocycles. The maximum atomic E-state index is 15.1. The van der Waals surface area contributed by atoms with Crippen LogP contribution in [-0.2, 0) is 19.1 Å². The van der Waals surface area contributed by atoms with Gasteiger partial charge < -0.3 is 19.6 Å². The van der Waals surface area contributed by atoms with Crippen LogP contribution in [-0.4, -0.2) is 63.6 Å². The maximum absolute atomic E-state index is 15.1. The fourth-order valence-electron chi connectivity index (χ4n) is 7.55. The number of thioether (sulfide) groups is 1. The number of carbonyl (C=O) groups is 3. The van der Waals surface area contributed by atoms with Crippen molar-refractivity contribution in [1.82, 2.24) is 4.90 Å². The highest BCUT2D eigenvalue weighted by molar-refractivity contribution is 8.02. The highest BCUT2D eigenvalue weighted by Gasteiger charge is 2.77. The molecule has 3 aliphatic rings. The van der Waals surface area contributed by atoms with E-state index in [1.807, 2.05) is 72.8 Å². The van der Waals surface area contributed by atoms with E-state index in [1.165, 1.54) is 6.08 Å². The first kappa shape index (κ1) is 29.2. The van der Waals surface area contributed by atoms with Crippen molar-refractivity contribution in [3.8, 4) is 0 Å². The molecular weight excluding hydrogens is 560 g/mol. The van der Waals surface area contributed by atoms with E-state index in [9.17, 15) is 14.7 Å². The fraction of sp³-hybridized carbons (Fsp3) is 0.343. The van der Waals surface area contributed by atoms with Crippen LogP contribution in [0, 0.1) is 17.8 Å². The van der Waals surface area contributed by atoms with E-state index < -0.39 is 34.6 Å². The number of likely N-dealkylation sites (tertiary alicyclic amines) is 1. The van der Waals surface area contributed by atoms with E-state index in [-0.39, 0.29) is 42.7 Å². The summed E-state index contributed by atoms with van der Waals surface area (Å²) in [5, 5.41) is 12.7. The number of aliphatic hydroxyl groups is 1. The second-order valence-electron chi connectivity index (χ2n) is 11.6. The summed E-state index contributed by atoms with van der Waals surface area (Å²) in [5.41, 5.74) is 1.43. The number of aliphatic hydroxyl groups excluding tert-OH is 1. The van der Waals surface area contributed by atoms with Crippen molar-refractivity contribution in [3.05, 3.63) is 104 Å². The third-order valence-corrected chi connectivity index (χ3v) is 11.4. The summed E-state index contributed by atoms with van der Waals surface area (Å²) in [6.07, 6.45) is 3.88. The van der Waals surface area contributed by atoms with Gasteiger partial charge in [0.25, 0.3) is 5.91 Å². The molecule has 7 nitrogen and oxygen atoms in total. The van der Waals surface area contributed by atoms with Crippen molar-refractivity contribution >= 4 is 46.0 Å². The van der Waals surface area contributed by atoms with E-state index in [2.05, 4.69) is 20.1 Å². The first-order valence-corrected chi connectivity index (χ1v) is 15.6. The topological polar surface area (TPSA) is 87.1 Å². The van der Waals surface area contributed by atoms with Crippen molar-refractivity contribution in [2.45, 2.75) is 35.4 Å². The van der Waals surface area contributed by atoms with Crippen LogP contribution in [0.2, 0.25) is 0 Å². The lowest BCUT2D eigenvalue weighted by atomic mass is 9.66. The number of amides is 2. The Bertz CT molecular complexity index is 1580. The summed E-state index contributed by atoms with van der Waals surface area (Å²) in [7, 11) is 0. The van der Waals surface area contributed by atoms with Crippen molar-refractivity contribution in [2.75, 3.05) is 24.7 Å². The minimum absolute atomic E-state index is 0.0313. The molecule has 1 N–H and O–H groups in total. The van der Waals surface area contributed by atoms with Crippen LogP contribution in [0.4, 0.5) is 5.69 Å². The van der Waals surface area contributed by atoms with Crippen LogP contribution in [0.5, 0.6) is 0 Å². The summed E-state index contributed by atoms with van der Waals surface area (Å²) < 4.78 is 4.65. The third-order valence-electron chi connectivity index (χ3n) is 9.35. The molecule has 0 aromatic heterocycles.